The van der Waals surface area contributed by atoms with Crippen LogP contribution in [-0.2, 0) is 11.2 Å². The molecule has 0 saturated carbocycles. The first-order valence-electron chi connectivity index (χ1n) is 9.15. The van der Waals surface area contributed by atoms with Crippen LogP contribution in [0.4, 0.5) is 10.1 Å². The smallest absolute Gasteiger partial charge is 0.240 e. The Balaban J connectivity index is 1.67. The molecule has 2 heterocycles. The van der Waals surface area contributed by atoms with Gasteiger partial charge in [0.2, 0.25) is 11.1 Å². The zero-order chi connectivity index (χ0) is 19.5. The molecule has 1 amide bonds. The number of carbonyl (C=O) groups is 1. The average Bonchev–Trinajstić information content (AvgIpc) is 3.11. The Morgan fingerprint density at radius 1 is 1.18 bits per heavy atom. The summed E-state index contributed by atoms with van der Waals surface area (Å²) in [5.74, 6) is 0.0796. The van der Waals surface area contributed by atoms with Gasteiger partial charge in [-0.3, -0.25) is 4.79 Å². The molecule has 4 rings (SSSR count). The second kappa shape index (κ2) is 8.02. The van der Waals surface area contributed by atoms with E-state index in [0.717, 1.165) is 24.2 Å². The molecule has 0 bridgehead atoms. The van der Waals surface area contributed by atoms with Gasteiger partial charge in [0.25, 0.3) is 0 Å². The number of aromatic nitrogens is 3. The van der Waals surface area contributed by atoms with Gasteiger partial charge in [0.05, 0.1) is 11.7 Å². The summed E-state index contributed by atoms with van der Waals surface area (Å²) in [7, 11) is 0. The highest BCUT2D eigenvalue weighted by molar-refractivity contribution is 8.00. The van der Waals surface area contributed by atoms with E-state index in [1.807, 2.05) is 35.0 Å². The van der Waals surface area contributed by atoms with Crippen LogP contribution in [0.15, 0.2) is 59.8 Å². The summed E-state index contributed by atoms with van der Waals surface area (Å²) in [5, 5.41) is 11.3. The number of amides is 1. The van der Waals surface area contributed by atoms with Crippen molar-refractivity contribution in [2.45, 2.75) is 36.2 Å². The van der Waals surface area contributed by atoms with Crippen LogP contribution in [0.25, 0.3) is 0 Å². The summed E-state index contributed by atoms with van der Waals surface area (Å²) in [6.45, 7) is 2.08. The molecular weight excluding hydrogens is 377 g/mol. The largest absolute Gasteiger partial charge is 0.323 e. The van der Waals surface area contributed by atoms with Crippen LogP contribution in [0, 0.1) is 5.82 Å². The number of aryl methyl sites for hydroxylation is 1. The number of carbonyl (C=O) groups excluding carboxylic acids is 1. The molecular formula is C20H20FN5OS. The molecule has 0 saturated heterocycles. The van der Waals surface area contributed by atoms with Gasteiger partial charge < -0.3 is 10.7 Å². The zero-order valence-electron chi connectivity index (χ0n) is 15.3. The Labute approximate surface area is 166 Å². The molecule has 28 heavy (non-hydrogen) atoms. The number of nitrogens with one attached hydrogen (secondary N) is 2. The van der Waals surface area contributed by atoms with Crippen LogP contribution in [0.5, 0.6) is 0 Å². The molecule has 1 aliphatic heterocycles. The molecule has 3 aromatic rings. The fourth-order valence-corrected chi connectivity index (χ4v) is 4.26. The number of benzene rings is 2. The van der Waals surface area contributed by atoms with Crippen molar-refractivity contribution >= 4 is 23.4 Å². The maximum Gasteiger partial charge on any atom is 0.240 e. The molecule has 8 heteroatoms. The number of thioether (sulfide) groups is 1. The van der Waals surface area contributed by atoms with Crippen LogP contribution in [0.2, 0.25) is 0 Å². The standard InChI is InChI=1S/C20H20FN5OS/c1-2-8-16-23-24-20-26(16)25-17(13-9-4-3-5-10-13)18(28-20)19(27)22-15-12-7-6-11-14(15)21/h3-7,9-12,17-18,25H,2,8H2,1H3,(H,22,27)/t17-,18-/m0/s1. The molecule has 0 aliphatic carbocycles. The van der Waals surface area contributed by atoms with E-state index in [1.165, 1.54) is 17.8 Å². The van der Waals surface area contributed by atoms with Crippen molar-refractivity contribution in [3.8, 4) is 0 Å². The maximum atomic E-state index is 14.0. The lowest BCUT2D eigenvalue weighted by molar-refractivity contribution is -0.116. The number of hydrogen-bond donors (Lipinski definition) is 2. The van der Waals surface area contributed by atoms with E-state index < -0.39 is 11.1 Å². The summed E-state index contributed by atoms with van der Waals surface area (Å²) in [5.41, 5.74) is 4.52. The molecule has 6 nitrogen and oxygen atoms in total. The first kappa shape index (κ1) is 18.5. The highest BCUT2D eigenvalue weighted by atomic mass is 32.2. The third kappa shape index (κ3) is 3.60. The van der Waals surface area contributed by atoms with Crippen molar-refractivity contribution in [1.82, 2.24) is 14.9 Å². The van der Waals surface area contributed by atoms with E-state index in [9.17, 15) is 9.18 Å². The minimum absolute atomic E-state index is 0.165. The Bertz CT molecular complexity index is 978. The summed E-state index contributed by atoms with van der Waals surface area (Å²) in [4.78, 5) is 13.0. The highest BCUT2D eigenvalue weighted by Gasteiger charge is 2.37. The van der Waals surface area contributed by atoms with Crippen molar-refractivity contribution in [3.05, 3.63) is 71.8 Å². The zero-order valence-corrected chi connectivity index (χ0v) is 16.1. The van der Waals surface area contributed by atoms with Gasteiger partial charge >= 0.3 is 0 Å². The monoisotopic (exact) mass is 397 g/mol. The SMILES string of the molecule is CCCc1nnc2n1N[C@@H](c1ccccc1)[C@@H](C(=O)Nc1ccccc1F)S2. The molecule has 2 atom stereocenters. The quantitative estimate of drug-likeness (QED) is 0.686. The van der Waals surface area contributed by atoms with E-state index in [0.29, 0.717) is 5.16 Å². The van der Waals surface area contributed by atoms with E-state index in [-0.39, 0.29) is 17.6 Å². The fourth-order valence-electron chi connectivity index (χ4n) is 3.16. The minimum Gasteiger partial charge on any atom is -0.323 e. The van der Waals surface area contributed by atoms with Crippen molar-refractivity contribution in [2.75, 3.05) is 10.7 Å². The lowest BCUT2D eigenvalue weighted by Crippen LogP contribution is -2.41. The van der Waals surface area contributed by atoms with Crippen LogP contribution < -0.4 is 10.7 Å². The molecule has 1 aliphatic rings. The Kier molecular flexibility index (Phi) is 5.29. The predicted molar refractivity (Wildman–Crippen MR) is 107 cm³/mol. The van der Waals surface area contributed by atoms with Gasteiger partial charge in [-0.05, 0) is 24.1 Å². The van der Waals surface area contributed by atoms with Gasteiger partial charge in [-0.15, -0.1) is 10.2 Å². The second-order valence-corrected chi connectivity index (χ2v) is 7.62. The molecule has 144 valence electrons. The highest BCUT2D eigenvalue weighted by Crippen LogP contribution is 2.37. The van der Waals surface area contributed by atoms with E-state index in [4.69, 9.17) is 0 Å². The van der Waals surface area contributed by atoms with E-state index >= 15 is 0 Å². The van der Waals surface area contributed by atoms with Gasteiger partial charge in [-0.2, -0.15) is 0 Å². The Morgan fingerprint density at radius 3 is 2.68 bits per heavy atom. The number of anilines is 1. The van der Waals surface area contributed by atoms with Crippen molar-refractivity contribution in [1.29, 1.82) is 0 Å². The van der Waals surface area contributed by atoms with Crippen LogP contribution in [-0.4, -0.2) is 26.0 Å². The van der Waals surface area contributed by atoms with Crippen LogP contribution in [0.1, 0.15) is 30.8 Å². The first-order valence-corrected chi connectivity index (χ1v) is 10.0. The summed E-state index contributed by atoms with van der Waals surface area (Å²) in [6.07, 6.45) is 1.73. The third-order valence-electron chi connectivity index (χ3n) is 4.53. The molecule has 2 aromatic carbocycles. The molecule has 1 aromatic heterocycles. The second-order valence-electron chi connectivity index (χ2n) is 6.51. The maximum absolute atomic E-state index is 14.0. The van der Waals surface area contributed by atoms with Gasteiger partial charge in [-0.1, -0.05) is 61.2 Å². The van der Waals surface area contributed by atoms with Gasteiger partial charge in [0.15, 0.2) is 5.82 Å². The van der Waals surface area contributed by atoms with Crippen molar-refractivity contribution in [2.24, 2.45) is 0 Å². The molecule has 0 spiro atoms. The van der Waals surface area contributed by atoms with E-state index in [1.54, 1.807) is 18.2 Å². The lowest BCUT2D eigenvalue weighted by Gasteiger charge is -2.33. The van der Waals surface area contributed by atoms with Crippen LogP contribution >= 0.6 is 11.8 Å². The van der Waals surface area contributed by atoms with E-state index in [2.05, 4.69) is 27.9 Å². The predicted octanol–water partition coefficient (Wildman–Crippen LogP) is 3.77. The molecule has 2 N–H and O–H groups in total. The third-order valence-corrected chi connectivity index (χ3v) is 5.74. The fraction of sp³-hybridized carbons (Fsp3) is 0.250. The minimum atomic E-state index is -0.534. The number of fused-ring (bicyclic) bond motifs is 1. The average molecular weight is 397 g/mol. The number of hydrogen-bond acceptors (Lipinski definition) is 5. The normalized spacial score (nSPS) is 18.2. The number of halogens is 1. The van der Waals surface area contributed by atoms with Crippen molar-refractivity contribution < 1.29 is 9.18 Å². The molecule has 0 radical (unpaired) electrons. The van der Waals surface area contributed by atoms with Gasteiger partial charge in [0.1, 0.15) is 11.1 Å². The Morgan fingerprint density at radius 2 is 1.93 bits per heavy atom. The van der Waals surface area contributed by atoms with Crippen LogP contribution in [0.3, 0.4) is 0 Å². The molecule has 0 unspecified atom stereocenters. The first-order chi connectivity index (χ1) is 13.7. The Hall–Kier alpha value is -2.87. The molecule has 0 fully saturated rings. The lowest BCUT2D eigenvalue weighted by atomic mass is 10.0. The summed E-state index contributed by atoms with van der Waals surface area (Å²) >= 11 is 1.33. The van der Waals surface area contributed by atoms with Gasteiger partial charge in [0, 0.05) is 6.42 Å². The van der Waals surface area contributed by atoms with Gasteiger partial charge in [-0.25, -0.2) is 9.07 Å². The topological polar surface area (TPSA) is 71.8 Å². The summed E-state index contributed by atoms with van der Waals surface area (Å²) < 4.78 is 15.9. The van der Waals surface area contributed by atoms with Crippen molar-refractivity contribution in [3.63, 3.8) is 0 Å². The number of para-hydroxylation sites is 1. The summed E-state index contributed by atoms with van der Waals surface area (Å²) in [6, 6.07) is 15.6. The number of rotatable bonds is 5. The number of nitrogens with zero attached hydrogens (tertiary/aromatic N) is 3.